The summed E-state index contributed by atoms with van der Waals surface area (Å²) in [6.45, 7) is 16.2. The van der Waals surface area contributed by atoms with Gasteiger partial charge in [-0.05, 0) is 32.1 Å². The van der Waals surface area contributed by atoms with Gasteiger partial charge in [-0.2, -0.15) is 0 Å². The van der Waals surface area contributed by atoms with Crippen molar-refractivity contribution in [3.63, 3.8) is 0 Å². The van der Waals surface area contributed by atoms with E-state index in [0.29, 0.717) is 12.8 Å². The highest BCUT2D eigenvalue weighted by Crippen LogP contribution is 2.66. The highest BCUT2D eigenvalue weighted by Gasteiger charge is 2.73. The molecule has 0 unspecified atom stereocenters. The molecule has 0 spiro atoms. The molecule has 2 saturated carbocycles. The average molecular weight is 493 g/mol. The first-order chi connectivity index (χ1) is 16.0. The van der Waals surface area contributed by atoms with Gasteiger partial charge in [0, 0.05) is 37.7 Å². The Labute approximate surface area is 205 Å². The van der Waals surface area contributed by atoms with Crippen molar-refractivity contribution < 1.29 is 43.2 Å². The number of hydrogen-bond donors (Lipinski definition) is 1. The number of ether oxygens (including phenoxy) is 4. The Balaban J connectivity index is 2.46. The largest absolute Gasteiger partial charge is 0.504 e. The summed E-state index contributed by atoms with van der Waals surface area (Å²) in [4.78, 5) is 50.1. The lowest BCUT2D eigenvalue weighted by molar-refractivity contribution is -0.268. The number of hydrogen-bond acceptors (Lipinski definition) is 9. The normalized spacial score (nSPS) is 40.2. The molecule has 0 radical (unpaired) electrons. The molecule has 9 nitrogen and oxygen atoms in total. The minimum absolute atomic E-state index is 0.160. The number of ketones is 1. The molecule has 7 atom stereocenters. The van der Waals surface area contributed by atoms with E-state index in [9.17, 15) is 24.3 Å². The van der Waals surface area contributed by atoms with Gasteiger partial charge in [-0.15, -0.1) is 0 Å². The van der Waals surface area contributed by atoms with Gasteiger partial charge < -0.3 is 24.1 Å². The third kappa shape index (κ3) is 3.97. The van der Waals surface area contributed by atoms with Crippen molar-refractivity contribution >= 4 is 23.7 Å². The van der Waals surface area contributed by atoms with Crippen LogP contribution < -0.4 is 0 Å². The highest BCUT2D eigenvalue weighted by atomic mass is 16.6. The maximum absolute atomic E-state index is 13.4. The van der Waals surface area contributed by atoms with E-state index in [1.165, 1.54) is 33.8 Å². The molecule has 1 aliphatic heterocycles. The minimum Gasteiger partial charge on any atom is -0.504 e. The SMILES string of the molecule is C=C[C@]1(C)O[C@@]2(C)C(=C(O)C1=O)[C@@]1(C)[C@@H](OC(C)=O)CCC(C)(C)[C@@H]1[C@H](OC(C)=O)[C@@H]2OC(C)=O. The molecular formula is C26H36O9. The molecule has 0 aromatic carbocycles. The number of carbonyl (C=O) groups is 4. The van der Waals surface area contributed by atoms with Gasteiger partial charge in [-0.3, -0.25) is 19.2 Å². The number of rotatable bonds is 4. The second kappa shape index (κ2) is 8.47. The quantitative estimate of drug-likeness (QED) is 0.357. The zero-order valence-electron chi connectivity index (χ0n) is 21.7. The van der Waals surface area contributed by atoms with E-state index in [1.54, 1.807) is 13.8 Å². The van der Waals surface area contributed by atoms with Crippen molar-refractivity contribution in [2.75, 3.05) is 0 Å². The van der Waals surface area contributed by atoms with Crippen LogP contribution in [0.15, 0.2) is 24.0 Å². The van der Waals surface area contributed by atoms with Crippen LogP contribution in [0.1, 0.15) is 68.2 Å². The van der Waals surface area contributed by atoms with E-state index < -0.39 is 75.7 Å². The summed E-state index contributed by atoms with van der Waals surface area (Å²) in [5, 5.41) is 11.5. The summed E-state index contributed by atoms with van der Waals surface area (Å²) in [5.41, 5.74) is -4.86. The van der Waals surface area contributed by atoms with E-state index in [4.69, 9.17) is 18.9 Å². The molecule has 194 valence electrons. The van der Waals surface area contributed by atoms with Gasteiger partial charge in [-0.25, -0.2) is 0 Å². The van der Waals surface area contributed by atoms with E-state index in [-0.39, 0.29) is 5.57 Å². The van der Waals surface area contributed by atoms with Crippen molar-refractivity contribution in [1.82, 2.24) is 0 Å². The highest BCUT2D eigenvalue weighted by molar-refractivity contribution is 6.03. The first-order valence-corrected chi connectivity index (χ1v) is 11.8. The summed E-state index contributed by atoms with van der Waals surface area (Å²) < 4.78 is 23.7. The number of carbonyl (C=O) groups excluding carboxylic acids is 4. The molecule has 0 aromatic heterocycles. The van der Waals surface area contributed by atoms with Crippen LogP contribution in [-0.4, -0.2) is 58.3 Å². The van der Waals surface area contributed by atoms with Gasteiger partial charge in [0.2, 0.25) is 5.78 Å². The Morgan fingerprint density at radius 1 is 1.00 bits per heavy atom. The Morgan fingerprint density at radius 2 is 1.54 bits per heavy atom. The average Bonchev–Trinajstić information content (AvgIpc) is 2.70. The van der Waals surface area contributed by atoms with Gasteiger partial charge >= 0.3 is 17.9 Å². The summed E-state index contributed by atoms with van der Waals surface area (Å²) in [6.07, 6.45) is -0.720. The minimum atomic E-state index is -1.65. The van der Waals surface area contributed by atoms with Crippen LogP contribution in [0, 0.1) is 16.7 Å². The summed E-state index contributed by atoms with van der Waals surface area (Å²) in [7, 11) is 0. The van der Waals surface area contributed by atoms with E-state index in [2.05, 4.69) is 6.58 Å². The number of aliphatic hydroxyl groups is 1. The second-order valence-electron chi connectivity index (χ2n) is 11.1. The lowest BCUT2D eigenvalue weighted by atomic mass is 9.44. The van der Waals surface area contributed by atoms with Crippen LogP contribution in [0.5, 0.6) is 0 Å². The molecule has 0 amide bonds. The van der Waals surface area contributed by atoms with Gasteiger partial charge in [0.1, 0.15) is 17.8 Å². The Morgan fingerprint density at radius 3 is 2.03 bits per heavy atom. The zero-order chi connectivity index (χ0) is 26.7. The molecule has 3 rings (SSSR count). The predicted octanol–water partition coefficient (Wildman–Crippen LogP) is 3.35. The molecule has 2 aliphatic carbocycles. The van der Waals surface area contributed by atoms with Crippen LogP contribution in [-0.2, 0) is 38.1 Å². The maximum atomic E-state index is 13.4. The number of aliphatic hydroxyl groups excluding tert-OH is 1. The van der Waals surface area contributed by atoms with Crippen LogP contribution in [0.3, 0.4) is 0 Å². The Hall–Kier alpha value is -2.68. The van der Waals surface area contributed by atoms with Crippen molar-refractivity contribution in [3.05, 3.63) is 24.0 Å². The van der Waals surface area contributed by atoms with Gasteiger partial charge in [0.15, 0.2) is 17.5 Å². The topological polar surface area (TPSA) is 125 Å². The molecular weight excluding hydrogens is 456 g/mol. The smallest absolute Gasteiger partial charge is 0.303 e. The summed E-state index contributed by atoms with van der Waals surface area (Å²) in [6, 6.07) is 0. The number of fused-ring (bicyclic) bond motifs is 3. The van der Waals surface area contributed by atoms with Crippen molar-refractivity contribution in [3.8, 4) is 0 Å². The molecule has 1 heterocycles. The number of esters is 3. The van der Waals surface area contributed by atoms with E-state index in [0.717, 1.165) is 0 Å². The molecule has 9 heteroatoms. The van der Waals surface area contributed by atoms with Crippen LogP contribution >= 0.6 is 0 Å². The first-order valence-electron chi connectivity index (χ1n) is 11.8. The lowest BCUT2D eigenvalue weighted by Gasteiger charge is -2.66. The predicted molar refractivity (Wildman–Crippen MR) is 124 cm³/mol. The molecule has 35 heavy (non-hydrogen) atoms. The van der Waals surface area contributed by atoms with Crippen molar-refractivity contribution in [1.29, 1.82) is 0 Å². The third-order valence-corrected chi connectivity index (χ3v) is 8.03. The standard InChI is InChI=1S/C26H36O9/c1-10-24(7)21(31)17(30)19-25(8)16(32-13(2)27)11-12-23(5,6)20(25)18(33-14(3)28)22(34-15(4)29)26(19,9)35-24/h10,16,18,20,22,30H,1,11-12H2,2-9H3/t16-,18-,20-,22-,24-,25+,26-/m0/s1. The third-order valence-electron chi connectivity index (χ3n) is 8.03. The fraction of sp³-hybridized carbons (Fsp3) is 0.692. The second-order valence-corrected chi connectivity index (χ2v) is 11.1. The molecule has 0 bridgehead atoms. The lowest BCUT2D eigenvalue weighted by Crippen LogP contribution is -2.74. The fourth-order valence-electron chi connectivity index (χ4n) is 6.87. The first kappa shape index (κ1) is 26.9. The maximum Gasteiger partial charge on any atom is 0.303 e. The van der Waals surface area contributed by atoms with E-state index >= 15 is 0 Å². The van der Waals surface area contributed by atoms with Gasteiger partial charge in [0.05, 0.1) is 0 Å². The van der Waals surface area contributed by atoms with Crippen molar-refractivity contribution in [2.24, 2.45) is 16.7 Å². The van der Waals surface area contributed by atoms with Gasteiger partial charge in [0.25, 0.3) is 0 Å². The molecule has 2 fully saturated rings. The summed E-state index contributed by atoms with van der Waals surface area (Å²) in [5.74, 6) is -3.66. The van der Waals surface area contributed by atoms with Crippen LogP contribution in [0.2, 0.25) is 0 Å². The molecule has 0 aromatic rings. The van der Waals surface area contributed by atoms with Crippen LogP contribution in [0.4, 0.5) is 0 Å². The molecule has 0 saturated heterocycles. The van der Waals surface area contributed by atoms with Gasteiger partial charge in [-0.1, -0.05) is 33.4 Å². The van der Waals surface area contributed by atoms with Crippen LogP contribution in [0.25, 0.3) is 0 Å². The van der Waals surface area contributed by atoms with E-state index in [1.807, 2.05) is 13.8 Å². The number of Topliss-reactive ketones (excluding diaryl/α,β-unsaturated/α-hetero) is 1. The monoisotopic (exact) mass is 492 g/mol. The van der Waals surface area contributed by atoms with Crippen molar-refractivity contribution in [2.45, 2.75) is 97.7 Å². The molecule has 1 N–H and O–H groups in total. The Kier molecular flexibility index (Phi) is 6.51. The molecule has 3 aliphatic rings. The Bertz CT molecular complexity index is 1010. The summed E-state index contributed by atoms with van der Waals surface area (Å²) >= 11 is 0. The fourth-order valence-corrected chi connectivity index (χ4v) is 6.87. The zero-order valence-corrected chi connectivity index (χ0v) is 21.7.